The molecule has 1 aromatic rings. The highest BCUT2D eigenvalue weighted by atomic mass is 15.4. The van der Waals surface area contributed by atoms with Crippen LogP contribution >= 0.6 is 0 Å². The Morgan fingerprint density at radius 2 is 1.95 bits per heavy atom. The van der Waals surface area contributed by atoms with E-state index < -0.39 is 0 Å². The summed E-state index contributed by atoms with van der Waals surface area (Å²) in [5, 5.41) is 11.4. The molecule has 0 spiro atoms. The first-order chi connectivity index (χ1) is 9.81. The maximum Gasteiger partial charge on any atom is 0.327 e. The van der Waals surface area contributed by atoms with Crippen molar-refractivity contribution in [1.82, 2.24) is 19.7 Å². The highest BCUT2D eigenvalue weighted by Crippen LogP contribution is 2.20. The number of nitrogens with one attached hydrogen (secondary N) is 2. The molecule has 0 saturated carbocycles. The number of hydrogen-bond acceptors (Lipinski definition) is 4. The highest BCUT2D eigenvalue weighted by molar-refractivity contribution is 6.71. The van der Waals surface area contributed by atoms with Crippen LogP contribution in [0, 0.1) is 0 Å². The molecule has 1 rings (SSSR count). The van der Waals surface area contributed by atoms with Crippen LogP contribution in [-0.4, -0.2) is 42.1 Å². The number of unbranched alkanes of at least 4 members (excludes halogenated alkanes) is 1. The number of hydrogen-bond donors (Lipinski definition) is 2. The standard InChI is InChI=1S/C14H31B2N5/c1-8-9-12-20(15(5)17-7)16(6)19-13-10-11-18-21(13)14(2,3)4/h10-11,17,19H,8-9,12H2,1-7H3. The third-order valence-electron chi connectivity index (χ3n) is 3.82. The maximum absolute atomic E-state index is 4.45. The first-order valence-corrected chi connectivity index (χ1v) is 8.05. The minimum atomic E-state index is -0.0194. The molecule has 0 unspecified atom stereocenters. The van der Waals surface area contributed by atoms with Crippen molar-refractivity contribution in [2.75, 3.05) is 18.8 Å². The van der Waals surface area contributed by atoms with Gasteiger partial charge in [-0.15, -0.1) is 0 Å². The zero-order chi connectivity index (χ0) is 16.0. The molecule has 7 heteroatoms. The average molecular weight is 291 g/mol. The molecule has 2 N–H and O–H groups in total. The Bertz CT molecular complexity index is 416. The molecule has 0 aromatic carbocycles. The molecule has 0 saturated heterocycles. The lowest BCUT2D eigenvalue weighted by atomic mass is 9.62. The number of nitrogens with zero attached hydrogens (tertiary/aromatic N) is 3. The number of anilines is 1. The topological polar surface area (TPSA) is 45.1 Å². The lowest BCUT2D eigenvalue weighted by molar-refractivity contribution is 0.361. The lowest BCUT2D eigenvalue weighted by Gasteiger charge is -2.32. The van der Waals surface area contributed by atoms with Gasteiger partial charge in [-0.25, -0.2) is 4.68 Å². The van der Waals surface area contributed by atoms with Gasteiger partial charge in [0.25, 0.3) is 6.98 Å². The smallest absolute Gasteiger partial charge is 0.327 e. The molecule has 21 heavy (non-hydrogen) atoms. The minimum Gasteiger partial charge on any atom is -0.400 e. The molecule has 0 amide bonds. The van der Waals surface area contributed by atoms with Gasteiger partial charge < -0.3 is 15.2 Å². The van der Waals surface area contributed by atoms with Gasteiger partial charge in [0.2, 0.25) is 0 Å². The van der Waals surface area contributed by atoms with Crippen molar-refractivity contribution in [3.05, 3.63) is 12.3 Å². The zero-order valence-corrected chi connectivity index (χ0v) is 14.8. The predicted octanol–water partition coefficient (Wildman–Crippen LogP) is 2.61. The highest BCUT2D eigenvalue weighted by Gasteiger charge is 2.27. The summed E-state index contributed by atoms with van der Waals surface area (Å²) in [5.74, 6) is 1.07. The third-order valence-corrected chi connectivity index (χ3v) is 3.82. The van der Waals surface area contributed by atoms with Crippen LogP contribution in [-0.2, 0) is 5.54 Å². The van der Waals surface area contributed by atoms with Crippen LogP contribution in [0.3, 0.4) is 0 Å². The second-order valence-corrected chi connectivity index (χ2v) is 6.68. The molecule has 1 heterocycles. The molecule has 118 valence electrons. The van der Waals surface area contributed by atoms with Gasteiger partial charge in [0.15, 0.2) is 0 Å². The fourth-order valence-corrected chi connectivity index (χ4v) is 2.47. The molecule has 0 aliphatic carbocycles. The first-order valence-electron chi connectivity index (χ1n) is 8.05. The molecular formula is C14H31B2N5. The van der Waals surface area contributed by atoms with E-state index in [1.807, 2.05) is 24.0 Å². The van der Waals surface area contributed by atoms with Gasteiger partial charge in [0, 0.05) is 0 Å². The molecule has 0 atom stereocenters. The molecule has 1 aromatic heterocycles. The molecule has 0 fully saturated rings. The summed E-state index contributed by atoms with van der Waals surface area (Å²) in [6.45, 7) is 14.8. The van der Waals surface area contributed by atoms with Crippen molar-refractivity contribution in [1.29, 1.82) is 0 Å². The Balaban J connectivity index is 2.81. The van der Waals surface area contributed by atoms with Crippen LogP contribution in [0.15, 0.2) is 12.3 Å². The van der Waals surface area contributed by atoms with Crippen LogP contribution in [0.5, 0.6) is 0 Å². The summed E-state index contributed by atoms with van der Waals surface area (Å²) < 4.78 is 4.50. The van der Waals surface area contributed by atoms with Gasteiger partial charge >= 0.3 is 6.98 Å². The first kappa shape index (κ1) is 18.1. The predicted molar refractivity (Wildman–Crippen MR) is 94.8 cm³/mol. The van der Waals surface area contributed by atoms with E-state index in [2.05, 4.69) is 61.6 Å². The van der Waals surface area contributed by atoms with Gasteiger partial charge in [-0.05, 0) is 46.9 Å². The van der Waals surface area contributed by atoms with Gasteiger partial charge in [0.05, 0.1) is 11.7 Å². The van der Waals surface area contributed by atoms with E-state index in [0.29, 0.717) is 6.98 Å². The maximum atomic E-state index is 4.45. The van der Waals surface area contributed by atoms with E-state index in [4.69, 9.17) is 0 Å². The Labute approximate surface area is 131 Å². The molecule has 0 aliphatic heterocycles. The minimum absolute atomic E-state index is 0.0194. The molecule has 0 radical (unpaired) electrons. The van der Waals surface area contributed by atoms with Crippen molar-refractivity contribution in [3.63, 3.8) is 0 Å². The van der Waals surface area contributed by atoms with Crippen LogP contribution < -0.4 is 10.5 Å². The fourth-order valence-electron chi connectivity index (χ4n) is 2.47. The normalized spacial score (nSPS) is 11.8. The average Bonchev–Trinajstić information content (AvgIpc) is 2.86. The third kappa shape index (κ3) is 5.08. The van der Waals surface area contributed by atoms with E-state index >= 15 is 0 Å². The van der Waals surface area contributed by atoms with E-state index in [-0.39, 0.29) is 12.5 Å². The second kappa shape index (κ2) is 7.90. The van der Waals surface area contributed by atoms with Crippen molar-refractivity contribution >= 4 is 19.8 Å². The van der Waals surface area contributed by atoms with E-state index in [1.165, 1.54) is 12.8 Å². The van der Waals surface area contributed by atoms with Crippen LogP contribution in [0.25, 0.3) is 0 Å². The van der Waals surface area contributed by atoms with Crippen LogP contribution in [0.1, 0.15) is 40.5 Å². The molecule has 0 aliphatic rings. The largest absolute Gasteiger partial charge is 0.400 e. The second-order valence-electron chi connectivity index (χ2n) is 6.68. The van der Waals surface area contributed by atoms with Crippen LogP contribution in [0.4, 0.5) is 5.82 Å². The van der Waals surface area contributed by atoms with E-state index in [1.54, 1.807) is 0 Å². The number of aromatic nitrogens is 2. The molecule has 0 bridgehead atoms. The zero-order valence-electron chi connectivity index (χ0n) is 14.8. The van der Waals surface area contributed by atoms with Crippen molar-refractivity contribution in [2.24, 2.45) is 0 Å². The Hall–Kier alpha value is -0.940. The summed E-state index contributed by atoms with van der Waals surface area (Å²) >= 11 is 0. The summed E-state index contributed by atoms with van der Waals surface area (Å²) in [4.78, 5) is 0. The summed E-state index contributed by atoms with van der Waals surface area (Å²) in [5.41, 5.74) is -0.0194. The van der Waals surface area contributed by atoms with Gasteiger partial charge in [-0.1, -0.05) is 27.0 Å². The number of rotatable bonds is 8. The van der Waals surface area contributed by atoms with Crippen molar-refractivity contribution < 1.29 is 0 Å². The Morgan fingerprint density at radius 1 is 1.29 bits per heavy atom. The molecular weight excluding hydrogens is 260 g/mol. The van der Waals surface area contributed by atoms with Crippen molar-refractivity contribution in [2.45, 2.75) is 59.7 Å². The van der Waals surface area contributed by atoms with E-state index in [0.717, 1.165) is 12.4 Å². The van der Waals surface area contributed by atoms with Gasteiger partial charge in [0.1, 0.15) is 5.82 Å². The van der Waals surface area contributed by atoms with Crippen molar-refractivity contribution in [3.8, 4) is 0 Å². The Morgan fingerprint density at radius 3 is 2.48 bits per heavy atom. The summed E-state index contributed by atoms with van der Waals surface area (Å²) in [6, 6.07) is 2.05. The fraction of sp³-hybridized carbons (Fsp3) is 0.786. The van der Waals surface area contributed by atoms with Gasteiger partial charge in [-0.3, -0.25) is 0 Å². The quantitative estimate of drug-likeness (QED) is 0.723. The van der Waals surface area contributed by atoms with E-state index in [9.17, 15) is 0 Å². The van der Waals surface area contributed by atoms with Crippen LogP contribution in [0.2, 0.25) is 13.6 Å². The monoisotopic (exact) mass is 291 g/mol. The summed E-state index contributed by atoms with van der Waals surface area (Å²) in [7, 11) is 2.01. The SMILES string of the molecule is CCCCN(B(C)NC)B(C)Nc1ccnn1C(C)(C)C. The van der Waals surface area contributed by atoms with Gasteiger partial charge in [-0.2, -0.15) is 5.10 Å². The Kier molecular flexibility index (Phi) is 6.81. The lowest BCUT2D eigenvalue weighted by Crippen LogP contribution is -2.56. The molecule has 5 nitrogen and oxygen atoms in total. The summed E-state index contributed by atoms with van der Waals surface area (Å²) in [6.07, 6.45) is 4.27.